The van der Waals surface area contributed by atoms with Crippen LogP contribution in [0.25, 0.3) is 10.9 Å². The van der Waals surface area contributed by atoms with Crippen molar-refractivity contribution in [3.8, 4) is 5.88 Å². The van der Waals surface area contributed by atoms with Gasteiger partial charge in [0.2, 0.25) is 5.88 Å². The molecular formula is C23H24ClN3O5. The summed E-state index contributed by atoms with van der Waals surface area (Å²) in [4.78, 5) is 29.7. The molecule has 8 nitrogen and oxygen atoms in total. The molecule has 4 rings (SSSR count). The van der Waals surface area contributed by atoms with Crippen molar-refractivity contribution >= 4 is 34.5 Å². The Morgan fingerprint density at radius 1 is 1.22 bits per heavy atom. The summed E-state index contributed by atoms with van der Waals surface area (Å²) in [5.74, 6) is -0.329. The lowest BCUT2D eigenvalue weighted by atomic mass is 10.0. The van der Waals surface area contributed by atoms with Gasteiger partial charge in [0.1, 0.15) is 0 Å². The molecule has 1 aliphatic rings. The van der Waals surface area contributed by atoms with Gasteiger partial charge in [0.05, 0.1) is 12.1 Å². The van der Waals surface area contributed by atoms with Crippen molar-refractivity contribution in [3.63, 3.8) is 0 Å². The molecule has 3 aromatic rings. The first kappa shape index (κ1) is 22.1. The summed E-state index contributed by atoms with van der Waals surface area (Å²) >= 11 is 5.99. The molecule has 0 aliphatic carbocycles. The molecule has 1 fully saturated rings. The van der Waals surface area contributed by atoms with Crippen LogP contribution >= 0.6 is 11.6 Å². The molecule has 168 valence electrons. The van der Waals surface area contributed by atoms with Gasteiger partial charge in [-0.05, 0) is 36.6 Å². The molecule has 0 saturated carbocycles. The number of nitrogens with zero attached hydrogens (tertiary/aromatic N) is 1. The minimum absolute atomic E-state index is 0.163. The number of aromatic nitrogens is 1. The first-order valence-electron chi connectivity index (χ1n) is 10.3. The van der Waals surface area contributed by atoms with Crippen molar-refractivity contribution in [3.05, 3.63) is 65.2 Å². The Hall–Kier alpha value is -3.07. The average Bonchev–Trinajstić information content (AvgIpc) is 3.38. The highest BCUT2D eigenvalue weighted by molar-refractivity contribution is 6.31. The van der Waals surface area contributed by atoms with Gasteiger partial charge in [-0.2, -0.15) is 0 Å². The Balaban J connectivity index is 1.48. The monoisotopic (exact) mass is 457 g/mol. The lowest BCUT2D eigenvalue weighted by Crippen LogP contribution is -2.53. The SMILES string of the molecule is O=C(N[C@@H](Cc1ccccc1)[C@@H](O)C(=O)N1CC[C@H](O)C1)Oc1cc2cc(Cl)ccc2[nH]1. The van der Waals surface area contributed by atoms with Crippen molar-refractivity contribution in [1.82, 2.24) is 15.2 Å². The number of hydrogen-bond donors (Lipinski definition) is 4. The van der Waals surface area contributed by atoms with E-state index in [9.17, 15) is 19.8 Å². The van der Waals surface area contributed by atoms with Crippen molar-refractivity contribution in [2.45, 2.75) is 31.1 Å². The van der Waals surface area contributed by atoms with E-state index in [2.05, 4.69) is 10.3 Å². The minimum Gasteiger partial charge on any atom is -0.393 e. The molecule has 32 heavy (non-hydrogen) atoms. The summed E-state index contributed by atoms with van der Waals surface area (Å²) in [6, 6.07) is 15.2. The molecule has 1 aromatic heterocycles. The topological polar surface area (TPSA) is 115 Å². The smallest absolute Gasteiger partial charge is 0.393 e. The number of ether oxygens (including phenoxy) is 1. The van der Waals surface area contributed by atoms with Crippen LogP contribution < -0.4 is 10.1 Å². The fourth-order valence-corrected chi connectivity index (χ4v) is 4.00. The van der Waals surface area contributed by atoms with Crippen LogP contribution in [0.15, 0.2) is 54.6 Å². The lowest BCUT2D eigenvalue weighted by molar-refractivity contribution is -0.140. The molecule has 0 radical (unpaired) electrons. The molecule has 3 atom stereocenters. The van der Waals surface area contributed by atoms with Crippen LogP contribution in [0, 0.1) is 0 Å². The first-order valence-corrected chi connectivity index (χ1v) is 10.7. The number of fused-ring (bicyclic) bond motifs is 1. The quantitative estimate of drug-likeness (QED) is 0.454. The zero-order valence-corrected chi connectivity index (χ0v) is 18.0. The second-order valence-electron chi connectivity index (χ2n) is 7.87. The Kier molecular flexibility index (Phi) is 6.64. The van der Waals surface area contributed by atoms with Crippen LogP contribution in [0.1, 0.15) is 12.0 Å². The van der Waals surface area contributed by atoms with E-state index in [4.69, 9.17) is 16.3 Å². The highest BCUT2D eigenvalue weighted by atomic mass is 35.5. The van der Waals surface area contributed by atoms with Gasteiger partial charge < -0.3 is 30.2 Å². The van der Waals surface area contributed by atoms with E-state index in [1.165, 1.54) is 4.90 Å². The standard InChI is InChI=1S/C23H24ClN3O5/c24-16-6-7-18-15(11-16)12-20(25-18)32-23(31)26-19(10-14-4-2-1-3-5-14)21(29)22(30)27-9-8-17(28)13-27/h1-7,11-12,17,19,21,25,28-29H,8-10,13H2,(H,26,31)/t17-,19-,21+/m0/s1. The predicted octanol–water partition coefficient (Wildman–Crippen LogP) is 2.48. The number of aliphatic hydroxyl groups excluding tert-OH is 2. The van der Waals surface area contributed by atoms with Gasteiger partial charge in [-0.1, -0.05) is 41.9 Å². The number of aromatic amines is 1. The van der Waals surface area contributed by atoms with Crippen LogP contribution in [0.4, 0.5) is 4.79 Å². The molecule has 4 N–H and O–H groups in total. The Labute approximate surface area is 189 Å². The first-order chi connectivity index (χ1) is 15.4. The summed E-state index contributed by atoms with van der Waals surface area (Å²) in [5.41, 5.74) is 1.59. The number of H-pyrrole nitrogens is 1. The third kappa shape index (κ3) is 5.21. The van der Waals surface area contributed by atoms with Gasteiger partial charge in [-0.25, -0.2) is 4.79 Å². The fraction of sp³-hybridized carbons (Fsp3) is 0.304. The van der Waals surface area contributed by atoms with E-state index in [1.807, 2.05) is 30.3 Å². The Morgan fingerprint density at radius 3 is 2.72 bits per heavy atom. The normalized spacial score (nSPS) is 17.8. The van der Waals surface area contributed by atoms with Crippen LogP contribution in [-0.4, -0.2) is 63.4 Å². The Bertz CT molecular complexity index is 1100. The summed E-state index contributed by atoms with van der Waals surface area (Å²) in [7, 11) is 0. The number of halogens is 1. The lowest BCUT2D eigenvalue weighted by Gasteiger charge is -2.27. The number of benzene rings is 2. The number of nitrogens with one attached hydrogen (secondary N) is 2. The zero-order valence-electron chi connectivity index (χ0n) is 17.2. The Morgan fingerprint density at radius 2 is 2.00 bits per heavy atom. The number of amides is 2. The molecule has 0 spiro atoms. The molecule has 0 unspecified atom stereocenters. The number of likely N-dealkylation sites (tertiary alicyclic amines) is 1. The molecule has 0 bridgehead atoms. The van der Waals surface area contributed by atoms with Crippen molar-refractivity contribution in [2.24, 2.45) is 0 Å². The van der Waals surface area contributed by atoms with Crippen LogP contribution in [0.2, 0.25) is 5.02 Å². The van der Waals surface area contributed by atoms with E-state index >= 15 is 0 Å². The van der Waals surface area contributed by atoms with Crippen LogP contribution in [-0.2, 0) is 11.2 Å². The summed E-state index contributed by atoms with van der Waals surface area (Å²) < 4.78 is 5.36. The van der Waals surface area contributed by atoms with Gasteiger partial charge in [0, 0.05) is 35.1 Å². The highest BCUT2D eigenvalue weighted by Crippen LogP contribution is 2.24. The number of carbonyl (C=O) groups excluding carboxylic acids is 2. The summed E-state index contributed by atoms with van der Waals surface area (Å²) in [6.45, 7) is 0.521. The highest BCUT2D eigenvalue weighted by Gasteiger charge is 2.34. The molecule has 2 heterocycles. The number of β-amino-alcohol motifs (C(OH)–C–C–N with tert-alkyl or cyclic N) is 1. The van der Waals surface area contributed by atoms with E-state index in [0.717, 1.165) is 16.5 Å². The number of hydrogen-bond acceptors (Lipinski definition) is 5. The van der Waals surface area contributed by atoms with Gasteiger partial charge in [0.25, 0.3) is 5.91 Å². The predicted molar refractivity (Wildman–Crippen MR) is 120 cm³/mol. The van der Waals surface area contributed by atoms with Crippen molar-refractivity contribution in [2.75, 3.05) is 13.1 Å². The molecule has 1 saturated heterocycles. The average molecular weight is 458 g/mol. The van der Waals surface area contributed by atoms with E-state index < -0.39 is 30.3 Å². The van der Waals surface area contributed by atoms with E-state index in [0.29, 0.717) is 18.0 Å². The second kappa shape index (κ2) is 9.60. The third-order valence-electron chi connectivity index (χ3n) is 5.47. The minimum atomic E-state index is -1.49. The molecule has 2 aromatic carbocycles. The van der Waals surface area contributed by atoms with E-state index in [1.54, 1.807) is 24.3 Å². The number of aliphatic hydroxyl groups is 2. The molecular weight excluding hydrogens is 434 g/mol. The fourth-order valence-electron chi connectivity index (χ4n) is 3.82. The molecule has 9 heteroatoms. The molecule has 1 aliphatic heterocycles. The zero-order chi connectivity index (χ0) is 22.7. The third-order valence-corrected chi connectivity index (χ3v) is 5.71. The van der Waals surface area contributed by atoms with Crippen LogP contribution in [0.3, 0.4) is 0 Å². The number of rotatable bonds is 6. The maximum absolute atomic E-state index is 12.8. The van der Waals surface area contributed by atoms with Crippen LogP contribution in [0.5, 0.6) is 5.88 Å². The van der Waals surface area contributed by atoms with Crippen molar-refractivity contribution < 1.29 is 24.5 Å². The largest absolute Gasteiger partial charge is 0.414 e. The summed E-state index contributed by atoms with van der Waals surface area (Å²) in [5, 5.41) is 24.5. The van der Waals surface area contributed by atoms with Gasteiger partial charge in [-0.3, -0.25) is 4.79 Å². The maximum Gasteiger partial charge on any atom is 0.414 e. The second-order valence-corrected chi connectivity index (χ2v) is 8.30. The maximum atomic E-state index is 12.8. The van der Waals surface area contributed by atoms with Gasteiger partial charge in [-0.15, -0.1) is 0 Å². The molecule has 2 amide bonds. The summed E-state index contributed by atoms with van der Waals surface area (Å²) in [6.07, 6.45) is -2.22. The van der Waals surface area contributed by atoms with E-state index in [-0.39, 0.29) is 18.8 Å². The number of carbonyl (C=O) groups is 2. The van der Waals surface area contributed by atoms with Gasteiger partial charge >= 0.3 is 6.09 Å². The van der Waals surface area contributed by atoms with Crippen molar-refractivity contribution in [1.29, 1.82) is 0 Å². The van der Waals surface area contributed by atoms with Gasteiger partial charge in [0.15, 0.2) is 6.10 Å².